The number of ether oxygens (including phenoxy) is 6. The normalized spacial score (nSPS) is 18.2. The molecule has 1 aromatic rings. The number of carboxylic acid groups (broad SMARTS) is 1. The Morgan fingerprint density at radius 3 is 2.17 bits per heavy atom. The highest BCUT2D eigenvalue weighted by Crippen LogP contribution is 2.45. The van der Waals surface area contributed by atoms with Gasteiger partial charge in [-0.05, 0) is 81.4 Å². The van der Waals surface area contributed by atoms with Crippen molar-refractivity contribution >= 4 is 29.8 Å². The van der Waals surface area contributed by atoms with Crippen LogP contribution in [-0.4, -0.2) is 112 Å². The van der Waals surface area contributed by atoms with Crippen LogP contribution in [0.2, 0.25) is 0 Å². The van der Waals surface area contributed by atoms with E-state index in [9.17, 15) is 37.1 Å². The van der Waals surface area contributed by atoms with Crippen LogP contribution in [0.25, 0.3) is 0 Å². The van der Waals surface area contributed by atoms with Gasteiger partial charge in [0.15, 0.2) is 11.5 Å². The molecule has 1 saturated heterocycles. The first-order valence-electron chi connectivity index (χ1n) is 20.1. The maximum Gasteiger partial charge on any atom is 0.414 e. The maximum absolute atomic E-state index is 13.6. The molecule has 1 heterocycles. The molecule has 3 amide bonds. The minimum absolute atomic E-state index is 0.0528. The van der Waals surface area contributed by atoms with Gasteiger partial charge in [-0.25, -0.2) is 4.79 Å². The standard InChI is InChI=1S/C38H62N4O10.C3H3F3O2/c1-24(2)27(16-26-10-11-30(48-8)32(17-26)49-15-9-14-47-7)18-29-31(19-28(25(3)4)33(43)41-21-37(5,6)34(40)44)50-22-42(29)36(46)52-23-51-35(45)38(20-39)12-13-38;4-3(5,6)1-2(7)8/h10-11,17,24-25,27-29,31H,9,12-16,18-23,39H2,1-8H3,(H2,40,44)(H,41,43);1H2,(H,7,8)/t27-,28-,29-,31-;/m0./s1. The van der Waals surface area contributed by atoms with Gasteiger partial charge < -0.3 is 50.3 Å². The number of carboxylic acids is 1. The van der Waals surface area contributed by atoms with Crippen molar-refractivity contribution in [1.82, 2.24) is 10.2 Å². The van der Waals surface area contributed by atoms with Crippen LogP contribution in [0.4, 0.5) is 18.0 Å². The van der Waals surface area contributed by atoms with Gasteiger partial charge in [0.2, 0.25) is 18.6 Å². The number of hydrogen-bond donors (Lipinski definition) is 4. The number of alkyl halides is 3. The highest BCUT2D eigenvalue weighted by atomic mass is 19.4. The first-order valence-corrected chi connectivity index (χ1v) is 20.1. The van der Waals surface area contributed by atoms with Crippen LogP contribution >= 0.6 is 0 Å². The number of nitrogens with zero attached hydrogens (tertiary/aromatic N) is 1. The third-order valence-electron chi connectivity index (χ3n) is 10.9. The average Bonchev–Trinajstić information content (AvgIpc) is 3.87. The fourth-order valence-corrected chi connectivity index (χ4v) is 6.47. The molecule has 1 aromatic carbocycles. The number of nitrogens with one attached hydrogen (secondary N) is 1. The summed E-state index contributed by atoms with van der Waals surface area (Å²) in [4.78, 5) is 62.3. The van der Waals surface area contributed by atoms with Crippen LogP contribution in [0.1, 0.15) is 85.6 Å². The van der Waals surface area contributed by atoms with Gasteiger partial charge in [-0.15, -0.1) is 0 Å². The number of nitrogens with two attached hydrogens (primary N) is 2. The van der Waals surface area contributed by atoms with Gasteiger partial charge in [0, 0.05) is 39.1 Å². The van der Waals surface area contributed by atoms with Crippen molar-refractivity contribution in [2.45, 2.75) is 105 Å². The fraction of sp³-hybridized carbons (Fsp3) is 0.732. The molecule has 0 spiro atoms. The van der Waals surface area contributed by atoms with Crippen LogP contribution in [0, 0.1) is 34.5 Å². The van der Waals surface area contributed by atoms with Crippen LogP contribution < -0.4 is 26.3 Å². The summed E-state index contributed by atoms with van der Waals surface area (Å²) in [6.45, 7) is 12.3. The smallest absolute Gasteiger partial charge is 0.414 e. The van der Waals surface area contributed by atoms with Gasteiger partial charge in [0.25, 0.3) is 0 Å². The molecule has 16 nitrogen and oxygen atoms in total. The minimum atomic E-state index is -4.58. The van der Waals surface area contributed by atoms with Gasteiger partial charge in [0.05, 0.1) is 36.7 Å². The third-order valence-corrected chi connectivity index (χ3v) is 10.9. The van der Waals surface area contributed by atoms with E-state index in [0.29, 0.717) is 56.8 Å². The second kappa shape index (κ2) is 23.6. The number of carbonyl (C=O) groups excluding carboxylic acids is 4. The molecule has 4 atom stereocenters. The molecule has 2 aliphatic rings. The summed E-state index contributed by atoms with van der Waals surface area (Å²) in [6.07, 6.45) is -3.92. The fourth-order valence-electron chi connectivity index (χ4n) is 6.47. The van der Waals surface area contributed by atoms with Crippen molar-refractivity contribution in [3.63, 3.8) is 0 Å². The number of amides is 3. The number of carbonyl (C=O) groups is 5. The van der Waals surface area contributed by atoms with Crippen molar-refractivity contribution in [2.75, 3.05) is 54.0 Å². The summed E-state index contributed by atoms with van der Waals surface area (Å²) in [5, 5.41) is 10.4. The van der Waals surface area contributed by atoms with E-state index < -0.39 is 72.2 Å². The topological polar surface area (TPSA) is 228 Å². The highest BCUT2D eigenvalue weighted by molar-refractivity contribution is 5.83. The highest BCUT2D eigenvalue weighted by Gasteiger charge is 2.50. The van der Waals surface area contributed by atoms with Gasteiger partial charge in [-0.1, -0.05) is 33.8 Å². The zero-order valence-electron chi connectivity index (χ0n) is 36.1. The zero-order chi connectivity index (χ0) is 45.4. The van der Waals surface area contributed by atoms with Crippen LogP contribution in [0.3, 0.4) is 0 Å². The summed E-state index contributed by atoms with van der Waals surface area (Å²) in [6, 6.07) is 5.45. The maximum atomic E-state index is 13.6. The molecule has 3 rings (SSSR count). The number of aliphatic carboxylic acids is 1. The van der Waals surface area contributed by atoms with E-state index in [1.54, 1.807) is 28.1 Å². The van der Waals surface area contributed by atoms with Crippen molar-refractivity contribution in [3.8, 4) is 11.5 Å². The second-order valence-corrected chi connectivity index (χ2v) is 16.7. The molecule has 0 radical (unpaired) electrons. The monoisotopic (exact) mass is 862 g/mol. The summed E-state index contributed by atoms with van der Waals surface area (Å²) in [7, 11) is 3.26. The number of halogens is 3. The lowest BCUT2D eigenvalue weighted by Crippen LogP contribution is -2.47. The van der Waals surface area contributed by atoms with E-state index in [1.807, 2.05) is 32.0 Å². The zero-order valence-corrected chi connectivity index (χ0v) is 36.1. The molecule has 6 N–H and O–H groups in total. The molecular formula is C41H65F3N4O12. The van der Waals surface area contributed by atoms with Crippen molar-refractivity contribution < 1.29 is 70.7 Å². The predicted octanol–water partition coefficient (Wildman–Crippen LogP) is 5.03. The number of benzene rings is 1. The first-order chi connectivity index (χ1) is 28.0. The number of primary amides is 1. The lowest BCUT2D eigenvalue weighted by molar-refractivity contribution is -0.166. The molecular weight excluding hydrogens is 797 g/mol. The van der Waals surface area contributed by atoms with Crippen molar-refractivity contribution in [1.29, 1.82) is 0 Å². The second-order valence-electron chi connectivity index (χ2n) is 16.7. The Morgan fingerprint density at radius 1 is 1.00 bits per heavy atom. The lowest BCUT2D eigenvalue weighted by atomic mass is 9.80. The van der Waals surface area contributed by atoms with E-state index in [1.165, 1.54) is 4.90 Å². The molecule has 1 aliphatic carbocycles. The Kier molecular flexibility index (Phi) is 20.4. The summed E-state index contributed by atoms with van der Waals surface area (Å²) in [5.41, 5.74) is 10.7. The molecule has 19 heteroatoms. The Bertz CT molecular complexity index is 1570. The van der Waals surface area contributed by atoms with E-state index in [-0.39, 0.29) is 43.5 Å². The van der Waals surface area contributed by atoms with E-state index in [4.69, 9.17) is 45.0 Å². The number of hydrogen-bond acceptors (Lipinski definition) is 12. The SMILES string of the molecule is COCCCOc1cc(C[C@@H](C[C@H]2[C@H](C[C@H](C(=O)NCC(C)(C)C(N)=O)C(C)C)OCN2C(=O)OCOC(=O)C2(CN)CC2)C(C)C)ccc1OC.O=C(O)CC(F)(F)F. The molecule has 0 aromatic heterocycles. The Balaban J connectivity index is 0.00000140. The van der Waals surface area contributed by atoms with Gasteiger partial charge in [-0.3, -0.25) is 24.1 Å². The molecule has 0 unspecified atom stereocenters. The van der Waals surface area contributed by atoms with Gasteiger partial charge in [0.1, 0.15) is 13.2 Å². The molecule has 2 fully saturated rings. The summed E-state index contributed by atoms with van der Waals surface area (Å²) in [5.74, 6) is -2.02. The van der Waals surface area contributed by atoms with E-state index in [2.05, 4.69) is 19.2 Å². The van der Waals surface area contributed by atoms with Crippen molar-refractivity contribution in [3.05, 3.63) is 23.8 Å². The number of rotatable bonds is 23. The largest absolute Gasteiger partial charge is 0.493 e. The Hall–Kier alpha value is -4.36. The number of esters is 1. The summed E-state index contributed by atoms with van der Waals surface area (Å²) < 4.78 is 66.5. The Labute approximate surface area is 350 Å². The molecule has 342 valence electrons. The number of methoxy groups -OCH3 is 2. The predicted molar refractivity (Wildman–Crippen MR) is 212 cm³/mol. The van der Waals surface area contributed by atoms with Crippen molar-refractivity contribution in [2.24, 2.45) is 46.0 Å². The summed E-state index contributed by atoms with van der Waals surface area (Å²) >= 11 is 0. The van der Waals surface area contributed by atoms with Crippen LogP contribution in [-0.2, 0) is 44.5 Å². The van der Waals surface area contributed by atoms with Gasteiger partial charge in [-0.2, -0.15) is 13.2 Å². The Morgan fingerprint density at radius 2 is 1.67 bits per heavy atom. The lowest BCUT2D eigenvalue weighted by Gasteiger charge is -2.33. The third kappa shape index (κ3) is 16.6. The van der Waals surface area contributed by atoms with E-state index in [0.717, 1.165) is 12.0 Å². The van der Waals surface area contributed by atoms with Crippen LogP contribution in [0.15, 0.2) is 18.2 Å². The molecule has 60 heavy (non-hydrogen) atoms. The molecule has 0 bridgehead atoms. The minimum Gasteiger partial charge on any atom is -0.493 e. The van der Waals surface area contributed by atoms with Gasteiger partial charge >= 0.3 is 24.2 Å². The van der Waals surface area contributed by atoms with E-state index >= 15 is 0 Å². The average molecular weight is 863 g/mol. The van der Waals surface area contributed by atoms with Crippen LogP contribution in [0.5, 0.6) is 11.5 Å². The molecule has 1 saturated carbocycles. The quantitative estimate of drug-likeness (QED) is 0.0644. The molecule has 1 aliphatic heterocycles. The first kappa shape index (κ1) is 51.8.